The minimum absolute atomic E-state index is 0.103. The van der Waals surface area contributed by atoms with Crippen molar-refractivity contribution in [3.8, 4) is 11.5 Å². The molecule has 0 radical (unpaired) electrons. The lowest BCUT2D eigenvalue weighted by molar-refractivity contribution is -0.128. The van der Waals surface area contributed by atoms with E-state index < -0.39 is 6.10 Å². The van der Waals surface area contributed by atoms with Crippen LogP contribution in [0.5, 0.6) is 11.5 Å². The van der Waals surface area contributed by atoms with Crippen molar-refractivity contribution in [2.45, 2.75) is 78.6 Å². The number of carbonyl (C=O) groups is 1. The summed E-state index contributed by atoms with van der Waals surface area (Å²) >= 11 is 0. The number of benzene rings is 2. The number of ether oxygens (including phenoxy) is 2. The van der Waals surface area contributed by atoms with E-state index in [9.17, 15) is 4.79 Å². The number of hydrogen-bond acceptors (Lipinski definition) is 3. The maximum atomic E-state index is 13.0. The number of carbonyl (C=O) groups excluding carboxylic acids is 1. The predicted molar refractivity (Wildman–Crippen MR) is 117 cm³/mol. The smallest absolute Gasteiger partial charge is 0.261 e. The van der Waals surface area contributed by atoms with E-state index in [2.05, 4.69) is 58.1 Å². The first-order chi connectivity index (χ1) is 13.6. The molecule has 0 saturated carbocycles. The van der Waals surface area contributed by atoms with Crippen molar-refractivity contribution in [2.24, 2.45) is 0 Å². The lowest BCUT2D eigenvalue weighted by atomic mass is 9.89. The quantitative estimate of drug-likeness (QED) is 0.715. The number of fused-ring (bicyclic) bond motifs is 1. The molecule has 0 saturated heterocycles. The van der Waals surface area contributed by atoms with Gasteiger partial charge in [-0.3, -0.25) is 4.79 Å². The molecule has 0 fully saturated rings. The molecule has 1 heterocycles. The molecule has 1 aliphatic heterocycles. The molecule has 1 aliphatic rings. The predicted octanol–water partition coefficient (Wildman–Crippen LogP) is 5.61. The number of aryl methyl sites for hydroxylation is 2. The van der Waals surface area contributed by atoms with Gasteiger partial charge < -0.3 is 14.8 Å². The molecule has 2 aromatic rings. The highest BCUT2D eigenvalue weighted by atomic mass is 16.5. The highest BCUT2D eigenvalue weighted by Crippen LogP contribution is 2.40. The monoisotopic (exact) mass is 395 g/mol. The molecule has 156 valence electrons. The molecule has 0 unspecified atom stereocenters. The Bertz CT molecular complexity index is 901. The highest BCUT2D eigenvalue weighted by molar-refractivity contribution is 5.81. The normalized spacial score (nSPS) is 18.6. The fourth-order valence-corrected chi connectivity index (χ4v) is 3.86. The molecule has 0 bridgehead atoms. The van der Waals surface area contributed by atoms with Crippen LogP contribution in [0.4, 0.5) is 0 Å². The molecule has 1 N–H and O–H groups in total. The van der Waals surface area contributed by atoms with Crippen LogP contribution in [0.25, 0.3) is 0 Å². The van der Waals surface area contributed by atoms with Crippen molar-refractivity contribution in [1.82, 2.24) is 5.32 Å². The summed E-state index contributed by atoms with van der Waals surface area (Å²) in [5.74, 6) is 1.83. The van der Waals surface area contributed by atoms with E-state index in [0.29, 0.717) is 12.3 Å². The van der Waals surface area contributed by atoms with E-state index in [0.717, 1.165) is 33.8 Å². The number of hydrogen-bond donors (Lipinski definition) is 1. The Morgan fingerprint density at radius 1 is 1.10 bits per heavy atom. The maximum absolute atomic E-state index is 13.0. The van der Waals surface area contributed by atoms with Gasteiger partial charge in [0.15, 0.2) is 6.10 Å². The minimum atomic E-state index is -0.589. The van der Waals surface area contributed by atoms with E-state index >= 15 is 0 Å². The zero-order chi connectivity index (χ0) is 21.3. The second-order valence-corrected chi connectivity index (χ2v) is 9.12. The fourth-order valence-electron chi connectivity index (χ4n) is 3.86. The van der Waals surface area contributed by atoms with E-state index in [1.807, 2.05) is 32.0 Å². The van der Waals surface area contributed by atoms with Crippen LogP contribution < -0.4 is 14.8 Å². The minimum Gasteiger partial charge on any atom is -0.487 e. The summed E-state index contributed by atoms with van der Waals surface area (Å²) in [5.41, 5.74) is 4.07. The van der Waals surface area contributed by atoms with Crippen LogP contribution in [0.3, 0.4) is 0 Å². The van der Waals surface area contributed by atoms with Gasteiger partial charge in [0.1, 0.15) is 17.1 Å². The van der Waals surface area contributed by atoms with Crippen molar-refractivity contribution in [3.05, 3.63) is 58.7 Å². The van der Waals surface area contributed by atoms with Crippen LogP contribution in [0.1, 0.15) is 75.3 Å². The van der Waals surface area contributed by atoms with Crippen LogP contribution >= 0.6 is 0 Å². The fraction of sp³-hybridized carbons (Fsp3) is 0.480. The molecule has 0 spiro atoms. The molecule has 29 heavy (non-hydrogen) atoms. The number of amides is 1. The molecule has 4 nitrogen and oxygen atoms in total. The zero-order valence-corrected chi connectivity index (χ0v) is 18.6. The summed E-state index contributed by atoms with van der Waals surface area (Å²) in [6.45, 7) is 14.3. The molecule has 3 rings (SSSR count). The SMILES string of the molecule is Cc1ccc(C(C)C)c(O[C@H](C)C(=O)N[C@H]2CC(C)(C)Oc3ccc(C)cc32)c1. The van der Waals surface area contributed by atoms with Gasteiger partial charge in [0.25, 0.3) is 5.91 Å². The lowest BCUT2D eigenvalue weighted by Gasteiger charge is -2.38. The average Bonchev–Trinajstić information content (AvgIpc) is 2.61. The van der Waals surface area contributed by atoms with Crippen molar-refractivity contribution < 1.29 is 14.3 Å². The van der Waals surface area contributed by atoms with Gasteiger partial charge in [0.2, 0.25) is 0 Å². The second kappa shape index (κ2) is 8.10. The van der Waals surface area contributed by atoms with Gasteiger partial charge in [0, 0.05) is 12.0 Å². The third kappa shape index (κ3) is 4.92. The Kier molecular flexibility index (Phi) is 5.92. The van der Waals surface area contributed by atoms with Crippen LogP contribution in [-0.2, 0) is 4.79 Å². The van der Waals surface area contributed by atoms with Gasteiger partial charge in [-0.2, -0.15) is 0 Å². The van der Waals surface area contributed by atoms with Crippen molar-refractivity contribution in [3.63, 3.8) is 0 Å². The van der Waals surface area contributed by atoms with Crippen molar-refractivity contribution in [1.29, 1.82) is 0 Å². The lowest BCUT2D eigenvalue weighted by Crippen LogP contribution is -2.44. The highest BCUT2D eigenvalue weighted by Gasteiger charge is 2.35. The Morgan fingerprint density at radius 2 is 1.76 bits per heavy atom. The summed E-state index contributed by atoms with van der Waals surface area (Å²) in [4.78, 5) is 13.0. The van der Waals surface area contributed by atoms with E-state index in [4.69, 9.17) is 9.47 Å². The Labute approximate surface area is 174 Å². The second-order valence-electron chi connectivity index (χ2n) is 9.12. The summed E-state index contributed by atoms with van der Waals surface area (Å²) < 4.78 is 12.2. The zero-order valence-electron chi connectivity index (χ0n) is 18.6. The molecular formula is C25H33NO3. The third-order valence-corrected chi connectivity index (χ3v) is 5.40. The van der Waals surface area contributed by atoms with E-state index in [1.54, 1.807) is 0 Å². The van der Waals surface area contributed by atoms with Crippen molar-refractivity contribution in [2.75, 3.05) is 0 Å². The first kappa shape index (κ1) is 21.2. The molecule has 2 atom stereocenters. The van der Waals surface area contributed by atoms with Crippen LogP contribution in [0, 0.1) is 13.8 Å². The molecular weight excluding hydrogens is 362 g/mol. The summed E-state index contributed by atoms with van der Waals surface area (Å²) in [6, 6.07) is 12.2. The average molecular weight is 396 g/mol. The number of rotatable bonds is 5. The van der Waals surface area contributed by atoms with Gasteiger partial charge in [0.05, 0.1) is 6.04 Å². The molecule has 1 amide bonds. The van der Waals surface area contributed by atoms with Gasteiger partial charge in [-0.1, -0.05) is 43.7 Å². The summed E-state index contributed by atoms with van der Waals surface area (Å²) in [7, 11) is 0. The van der Waals surface area contributed by atoms with Crippen molar-refractivity contribution >= 4 is 5.91 Å². The Balaban J connectivity index is 1.79. The van der Waals surface area contributed by atoms with Crippen LogP contribution in [0.2, 0.25) is 0 Å². The maximum Gasteiger partial charge on any atom is 0.261 e. The summed E-state index contributed by atoms with van der Waals surface area (Å²) in [5, 5.41) is 3.20. The Hall–Kier alpha value is -2.49. The first-order valence-corrected chi connectivity index (χ1v) is 10.4. The number of nitrogens with one attached hydrogen (secondary N) is 1. The van der Waals surface area contributed by atoms with Gasteiger partial charge >= 0.3 is 0 Å². The van der Waals surface area contributed by atoms with Crippen LogP contribution in [0.15, 0.2) is 36.4 Å². The topological polar surface area (TPSA) is 47.6 Å². The molecule has 0 aliphatic carbocycles. The molecule has 0 aromatic heterocycles. The third-order valence-electron chi connectivity index (χ3n) is 5.40. The van der Waals surface area contributed by atoms with Gasteiger partial charge in [-0.05, 0) is 63.8 Å². The Morgan fingerprint density at radius 3 is 2.45 bits per heavy atom. The first-order valence-electron chi connectivity index (χ1n) is 10.4. The van der Waals surface area contributed by atoms with Gasteiger partial charge in [-0.15, -0.1) is 0 Å². The van der Waals surface area contributed by atoms with E-state index in [-0.39, 0.29) is 17.6 Å². The van der Waals surface area contributed by atoms with E-state index in [1.165, 1.54) is 0 Å². The summed E-state index contributed by atoms with van der Waals surface area (Å²) in [6.07, 6.45) is 0.123. The standard InChI is InChI=1S/C25H33NO3/c1-15(2)19-10-8-17(4)13-23(19)28-18(5)24(27)26-21-14-25(6,7)29-22-11-9-16(3)12-20(21)22/h8-13,15,18,21H,14H2,1-7H3,(H,26,27)/t18-,21+/m1/s1. The largest absolute Gasteiger partial charge is 0.487 e. The molecule has 2 aromatic carbocycles. The van der Waals surface area contributed by atoms with Gasteiger partial charge in [-0.25, -0.2) is 0 Å². The van der Waals surface area contributed by atoms with Crippen LogP contribution in [-0.4, -0.2) is 17.6 Å². The molecule has 4 heteroatoms.